The molecule has 1 aromatic rings. The molecule has 0 saturated heterocycles. The number of nitrogens with zero attached hydrogens (tertiary/aromatic N) is 1. The highest BCUT2D eigenvalue weighted by atomic mass is 14.6. The molecule has 0 aliphatic heterocycles. The van der Waals surface area contributed by atoms with Crippen LogP contribution in [0.1, 0.15) is 25.3 Å². The molecule has 15 heavy (non-hydrogen) atoms. The van der Waals surface area contributed by atoms with Gasteiger partial charge in [0.25, 0.3) is 0 Å². The molecule has 2 nitrogen and oxygen atoms in total. The number of nitrogens with two attached hydrogens (primary N) is 1. The summed E-state index contributed by atoms with van der Waals surface area (Å²) >= 11 is 0. The van der Waals surface area contributed by atoms with Crippen molar-refractivity contribution < 1.29 is 0 Å². The third kappa shape index (κ3) is 3.47. The smallest absolute Gasteiger partial charge is 0.0857 e. The van der Waals surface area contributed by atoms with Crippen LogP contribution in [-0.4, -0.2) is 0 Å². The Bertz CT molecular complexity index is 360. The van der Waals surface area contributed by atoms with E-state index in [1.807, 2.05) is 36.4 Å². The summed E-state index contributed by atoms with van der Waals surface area (Å²) in [5.74, 6) is -0.157. The van der Waals surface area contributed by atoms with Crippen LogP contribution < -0.4 is 5.73 Å². The van der Waals surface area contributed by atoms with Crippen LogP contribution in [0.4, 0.5) is 0 Å². The molecule has 0 spiro atoms. The SMILES string of the molecule is CCCC(C#N)C(N)=Cc1ccccc1. The fraction of sp³-hybridized carbons (Fsp3) is 0.308. The topological polar surface area (TPSA) is 49.8 Å². The number of nitriles is 1. The monoisotopic (exact) mass is 200 g/mol. The van der Waals surface area contributed by atoms with Crippen LogP contribution >= 0.6 is 0 Å². The maximum atomic E-state index is 8.93. The van der Waals surface area contributed by atoms with Gasteiger partial charge in [0.2, 0.25) is 0 Å². The zero-order valence-electron chi connectivity index (χ0n) is 8.98. The Kier molecular flexibility index (Phi) is 4.43. The Morgan fingerprint density at radius 1 is 1.47 bits per heavy atom. The van der Waals surface area contributed by atoms with Crippen LogP contribution in [0.25, 0.3) is 6.08 Å². The molecule has 1 aromatic carbocycles. The number of hydrogen-bond acceptors (Lipinski definition) is 2. The van der Waals surface area contributed by atoms with Crippen molar-refractivity contribution in [3.63, 3.8) is 0 Å². The second kappa shape index (κ2) is 5.87. The highest BCUT2D eigenvalue weighted by Gasteiger charge is 2.08. The first-order valence-corrected chi connectivity index (χ1v) is 5.19. The van der Waals surface area contributed by atoms with Gasteiger partial charge in [-0.05, 0) is 18.1 Å². The zero-order valence-corrected chi connectivity index (χ0v) is 8.98. The van der Waals surface area contributed by atoms with E-state index in [1.54, 1.807) is 0 Å². The van der Waals surface area contributed by atoms with Crippen LogP contribution in [0.15, 0.2) is 36.0 Å². The minimum absolute atomic E-state index is 0.157. The average molecular weight is 200 g/mol. The molecule has 78 valence electrons. The van der Waals surface area contributed by atoms with Gasteiger partial charge in [0.15, 0.2) is 0 Å². The lowest BCUT2D eigenvalue weighted by molar-refractivity contribution is 0.666. The van der Waals surface area contributed by atoms with E-state index in [0.717, 1.165) is 18.4 Å². The molecular formula is C13H16N2. The van der Waals surface area contributed by atoms with Crippen molar-refractivity contribution in [1.82, 2.24) is 0 Å². The summed E-state index contributed by atoms with van der Waals surface area (Å²) in [6.45, 7) is 2.06. The quantitative estimate of drug-likeness (QED) is 0.812. The van der Waals surface area contributed by atoms with Crippen LogP contribution in [-0.2, 0) is 0 Å². The van der Waals surface area contributed by atoms with Crippen molar-refractivity contribution >= 4 is 6.08 Å². The summed E-state index contributed by atoms with van der Waals surface area (Å²) in [5.41, 5.74) is 7.59. The number of benzene rings is 1. The first kappa shape index (κ1) is 11.3. The molecule has 0 aliphatic carbocycles. The van der Waals surface area contributed by atoms with E-state index in [1.165, 1.54) is 0 Å². The summed E-state index contributed by atoms with van der Waals surface area (Å²) in [6, 6.07) is 12.1. The highest BCUT2D eigenvalue weighted by Crippen LogP contribution is 2.15. The lowest BCUT2D eigenvalue weighted by Gasteiger charge is -2.07. The minimum atomic E-state index is -0.157. The fourth-order valence-corrected chi connectivity index (χ4v) is 1.44. The van der Waals surface area contributed by atoms with E-state index in [9.17, 15) is 0 Å². The predicted molar refractivity (Wildman–Crippen MR) is 62.6 cm³/mol. The van der Waals surface area contributed by atoms with Crippen molar-refractivity contribution in [1.29, 1.82) is 5.26 Å². The van der Waals surface area contributed by atoms with E-state index >= 15 is 0 Å². The summed E-state index contributed by atoms with van der Waals surface area (Å²) in [6.07, 6.45) is 3.68. The van der Waals surface area contributed by atoms with Crippen LogP contribution in [0, 0.1) is 17.2 Å². The lowest BCUT2D eigenvalue weighted by atomic mass is 10.00. The van der Waals surface area contributed by atoms with Gasteiger partial charge in [-0.1, -0.05) is 43.7 Å². The molecule has 1 unspecified atom stereocenters. The van der Waals surface area contributed by atoms with Gasteiger partial charge in [0.1, 0.15) is 0 Å². The van der Waals surface area contributed by atoms with Crippen LogP contribution in [0.2, 0.25) is 0 Å². The predicted octanol–water partition coefficient (Wildman–Crippen LogP) is 2.93. The molecule has 0 aromatic heterocycles. The molecule has 1 atom stereocenters. The summed E-state index contributed by atoms with van der Waals surface area (Å²) < 4.78 is 0. The first-order valence-electron chi connectivity index (χ1n) is 5.19. The molecule has 0 saturated carbocycles. The lowest BCUT2D eigenvalue weighted by Crippen LogP contribution is -2.09. The molecule has 2 N–H and O–H groups in total. The Morgan fingerprint density at radius 2 is 2.13 bits per heavy atom. The Labute approximate surface area is 91.0 Å². The molecule has 0 radical (unpaired) electrons. The average Bonchev–Trinajstić information content (AvgIpc) is 2.27. The van der Waals surface area contributed by atoms with E-state index in [0.29, 0.717) is 5.70 Å². The minimum Gasteiger partial charge on any atom is -0.401 e. The van der Waals surface area contributed by atoms with Gasteiger partial charge < -0.3 is 5.73 Å². The molecule has 1 rings (SSSR count). The van der Waals surface area contributed by atoms with E-state index in [4.69, 9.17) is 11.0 Å². The zero-order chi connectivity index (χ0) is 11.1. The fourth-order valence-electron chi connectivity index (χ4n) is 1.44. The van der Waals surface area contributed by atoms with Gasteiger partial charge >= 0.3 is 0 Å². The molecule has 0 fully saturated rings. The maximum Gasteiger partial charge on any atom is 0.0857 e. The van der Waals surface area contributed by atoms with Crippen LogP contribution in [0.3, 0.4) is 0 Å². The molecule has 2 heteroatoms. The molecule has 0 bridgehead atoms. The second-order valence-electron chi connectivity index (χ2n) is 3.53. The van der Waals surface area contributed by atoms with Gasteiger partial charge in [0, 0.05) is 5.70 Å². The van der Waals surface area contributed by atoms with E-state index in [2.05, 4.69) is 13.0 Å². The molecule has 0 aliphatic rings. The van der Waals surface area contributed by atoms with Crippen molar-refractivity contribution in [2.24, 2.45) is 11.7 Å². The van der Waals surface area contributed by atoms with Gasteiger partial charge in [-0.2, -0.15) is 5.26 Å². The van der Waals surface area contributed by atoms with Gasteiger partial charge in [-0.3, -0.25) is 0 Å². The molecular weight excluding hydrogens is 184 g/mol. The van der Waals surface area contributed by atoms with Crippen molar-refractivity contribution in [3.05, 3.63) is 41.6 Å². The van der Waals surface area contributed by atoms with Gasteiger partial charge in [-0.15, -0.1) is 0 Å². The number of hydrogen-bond donors (Lipinski definition) is 1. The third-order valence-electron chi connectivity index (χ3n) is 2.27. The van der Waals surface area contributed by atoms with Gasteiger partial charge in [-0.25, -0.2) is 0 Å². The Morgan fingerprint density at radius 3 is 2.67 bits per heavy atom. The Balaban J connectivity index is 2.79. The molecule has 0 amide bonds. The summed E-state index contributed by atoms with van der Waals surface area (Å²) in [7, 11) is 0. The largest absolute Gasteiger partial charge is 0.401 e. The van der Waals surface area contributed by atoms with Crippen molar-refractivity contribution in [3.8, 4) is 6.07 Å². The number of rotatable bonds is 4. The molecule has 0 heterocycles. The Hall–Kier alpha value is -1.75. The number of allylic oxidation sites excluding steroid dienone is 1. The normalized spacial score (nSPS) is 13.2. The summed E-state index contributed by atoms with van der Waals surface area (Å²) in [5, 5.41) is 8.93. The van der Waals surface area contributed by atoms with E-state index < -0.39 is 0 Å². The van der Waals surface area contributed by atoms with Crippen molar-refractivity contribution in [2.45, 2.75) is 19.8 Å². The van der Waals surface area contributed by atoms with Gasteiger partial charge in [0.05, 0.1) is 12.0 Å². The van der Waals surface area contributed by atoms with Crippen LogP contribution in [0.5, 0.6) is 0 Å². The second-order valence-corrected chi connectivity index (χ2v) is 3.53. The first-order chi connectivity index (χ1) is 7.27. The highest BCUT2D eigenvalue weighted by molar-refractivity contribution is 5.52. The maximum absolute atomic E-state index is 8.93. The van der Waals surface area contributed by atoms with E-state index in [-0.39, 0.29) is 5.92 Å². The summed E-state index contributed by atoms with van der Waals surface area (Å²) in [4.78, 5) is 0. The third-order valence-corrected chi connectivity index (χ3v) is 2.27. The standard InChI is InChI=1S/C13H16N2/c1-2-6-12(10-14)13(15)9-11-7-4-3-5-8-11/h3-5,7-9,12H,2,6,15H2,1H3. The van der Waals surface area contributed by atoms with Crippen molar-refractivity contribution in [2.75, 3.05) is 0 Å².